The molecule has 2 aliphatic rings. The zero-order chi connectivity index (χ0) is 18.2. The second-order valence-electron chi connectivity index (χ2n) is 6.65. The summed E-state index contributed by atoms with van der Waals surface area (Å²) in [5.41, 5.74) is 2.07. The van der Waals surface area contributed by atoms with Gasteiger partial charge in [-0.15, -0.1) is 5.06 Å². The zero-order valence-corrected chi connectivity index (χ0v) is 14.6. The number of ether oxygens (including phenoxy) is 1. The Kier molecular flexibility index (Phi) is 3.78. The van der Waals surface area contributed by atoms with Crippen molar-refractivity contribution in [2.24, 2.45) is 0 Å². The predicted octanol–water partition coefficient (Wildman–Crippen LogP) is 3.14. The van der Waals surface area contributed by atoms with Crippen molar-refractivity contribution in [2.45, 2.75) is 31.8 Å². The van der Waals surface area contributed by atoms with Crippen LogP contribution in [0.15, 0.2) is 48.9 Å². The summed E-state index contributed by atoms with van der Waals surface area (Å²) in [7, 11) is 0. The lowest BCUT2D eigenvalue weighted by Gasteiger charge is -2.28. The monoisotopic (exact) mass is 362 g/mol. The van der Waals surface area contributed by atoms with Crippen molar-refractivity contribution in [1.29, 1.82) is 0 Å². The first-order chi connectivity index (χ1) is 13.3. The SMILES string of the molecule is O=C1CCc2cccnc2N1Oc1ccc2c(c1)CCC(c1ncc[nH]1)O2. The molecule has 7 nitrogen and oxygen atoms in total. The molecule has 0 bridgehead atoms. The molecule has 2 aliphatic heterocycles. The molecule has 7 heteroatoms. The molecule has 5 rings (SSSR count). The summed E-state index contributed by atoms with van der Waals surface area (Å²) in [6.07, 6.45) is 7.91. The number of rotatable bonds is 3. The third kappa shape index (κ3) is 2.91. The van der Waals surface area contributed by atoms with Crippen molar-refractivity contribution in [3.05, 3.63) is 65.9 Å². The molecule has 3 aromatic rings. The Labute approximate surface area is 155 Å². The van der Waals surface area contributed by atoms with Crippen molar-refractivity contribution >= 4 is 11.7 Å². The van der Waals surface area contributed by atoms with Crippen LogP contribution in [-0.4, -0.2) is 20.9 Å². The van der Waals surface area contributed by atoms with Gasteiger partial charge in [-0.3, -0.25) is 4.79 Å². The van der Waals surface area contributed by atoms with Gasteiger partial charge in [0.15, 0.2) is 17.7 Å². The summed E-state index contributed by atoms with van der Waals surface area (Å²) < 4.78 is 6.06. The van der Waals surface area contributed by atoms with E-state index in [1.807, 2.05) is 30.3 Å². The van der Waals surface area contributed by atoms with E-state index < -0.39 is 0 Å². The third-order valence-electron chi connectivity index (χ3n) is 4.89. The number of hydroxylamine groups is 1. The van der Waals surface area contributed by atoms with Crippen LogP contribution in [0.25, 0.3) is 0 Å². The number of benzene rings is 1. The first kappa shape index (κ1) is 15.9. The van der Waals surface area contributed by atoms with Gasteiger partial charge < -0.3 is 14.6 Å². The number of carbonyl (C=O) groups excluding carboxylic acids is 1. The highest BCUT2D eigenvalue weighted by Gasteiger charge is 2.28. The molecule has 1 amide bonds. The van der Waals surface area contributed by atoms with Gasteiger partial charge in [-0.05, 0) is 54.7 Å². The van der Waals surface area contributed by atoms with E-state index in [1.165, 1.54) is 5.06 Å². The lowest BCUT2D eigenvalue weighted by molar-refractivity contribution is -0.123. The van der Waals surface area contributed by atoms with Gasteiger partial charge in [0.25, 0.3) is 5.91 Å². The van der Waals surface area contributed by atoms with Crippen LogP contribution < -0.4 is 14.6 Å². The van der Waals surface area contributed by atoms with Crippen LogP contribution in [0, 0.1) is 0 Å². The average molecular weight is 362 g/mol. The molecule has 1 unspecified atom stereocenters. The van der Waals surface area contributed by atoms with Crippen LogP contribution in [0.4, 0.5) is 5.82 Å². The van der Waals surface area contributed by atoms with Crippen molar-refractivity contribution in [3.63, 3.8) is 0 Å². The number of nitrogens with one attached hydrogen (secondary N) is 1. The molecule has 1 aromatic carbocycles. The van der Waals surface area contributed by atoms with Crippen molar-refractivity contribution < 1.29 is 14.4 Å². The fraction of sp³-hybridized carbons (Fsp3) is 0.250. The van der Waals surface area contributed by atoms with Crippen LogP contribution in [0.3, 0.4) is 0 Å². The summed E-state index contributed by atoms with van der Waals surface area (Å²) >= 11 is 0. The van der Waals surface area contributed by atoms with E-state index in [9.17, 15) is 4.79 Å². The normalized spacial score (nSPS) is 18.4. The van der Waals surface area contributed by atoms with Crippen LogP contribution in [0.5, 0.6) is 11.5 Å². The lowest BCUT2D eigenvalue weighted by Crippen LogP contribution is -2.38. The average Bonchev–Trinajstić information content (AvgIpc) is 3.25. The molecule has 0 spiro atoms. The number of nitrogens with zero attached hydrogens (tertiary/aromatic N) is 3. The third-order valence-corrected chi connectivity index (χ3v) is 4.89. The number of fused-ring (bicyclic) bond motifs is 2. The molecule has 0 saturated carbocycles. The molecular formula is C20H18N4O3. The minimum Gasteiger partial charge on any atom is -0.482 e. The Morgan fingerprint density at radius 3 is 2.96 bits per heavy atom. The van der Waals surface area contributed by atoms with Gasteiger partial charge in [0.05, 0.1) is 0 Å². The minimum atomic E-state index is -0.0898. The molecule has 1 N–H and O–H groups in total. The summed E-state index contributed by atoms with van der Waals surface area (Å²) in [6, 6.07) is 9.47. The molecule has 136 valence electrons. The van der Waals surface area contributed by atoms with Crippen molar-refractivity contribution in [3.8, 4) is 11.5 Å². The topological polar surface area (TPSA) is 80.3 Å². The Hall–Kier alpha value is -3.35. The standard InChI is InChI=1S/C20H18N4O3/c25-18-8-4-13-2-1-9-23-20(13)24(18)27-15-5-7-16-14(12-15)3-6-17(26-16)19-21-10-11-22-19/h1-2,5,7,9-12,17H,3-4,6,8H2,(H,21,22). The quantitative estimate of drug-likeness (QED) is 0.774. The summed E-state index contributed by atoms with van der Waals surface area (Å²) in [5.74, 6) is 2.73. The predicted molar refractivity (Wildman–Crippen MR) is 97.4 cm³/mol. The Bertz CT molecular complexity index is 987. The Morgan fingerprint density at radius 1 is 1.11 bits per heavy atom. The maximum Gasteiger partial charge on any atom is 0.262 e. The molecule has 0 fully saturated rings. The van der Waals surface area contributed by atoms with E-state index in [-0.39, 0.29) is 12.0 Å². The zero-order valence-electron chi connectivity index (χ0n) is 14.6. The fourth-order valence-corrected chi connectivity index (χ4v) is 3.54. The van der Waals surface area contributed by atoms with Gasteiger partial charge in [-0.1, -0.05) is 6.07 Å². The van der Waals surface area contributed by atoms with Crippen molar-refractivity contribution in [1.82, 2.24) is 15.0 Å². The number of carbonyl (C=O) groups is 1. The molecule has 27 heavy (non-hydrogen) atoms. The van der Waals surface area contributed by atoms with Crippen LogP contribution >= 0.6 is 0 Å². The number of pyridine rings is 1. The highest BCUT2D eigenvalue weighted by Crippen LogP contribution is 2.36. The van der Waals surface area contributed by atoms with E-state index in [1.54, 1.807) is 18.6 Å². The molecule has 0 saturated heterocycles. The van der Waals surface area contributed by atoms with E-state index in [0.29, 0.717) is 24.4 Å². The second kappa shape index (κ2) is 6.42. The largest absolute Gasteiger partial charge is 0.482 e. The number of anilines is 1. The van der Waals surface area contributed by atoms with Gasteiger partial charge >= 0.3 is 0 Å². The summed E-state index contributed by atoms with van der Waals surface area (Å²) in [5, 5.41) is 1.30. The minimum absolute atomic E-state index is 0.0704. The molecular weight excluding hydrogens is 344 g/mol. The van der Waals surface area contributed by atoms with E-state index in [2.05, 4.69) is 15.0 Å². The highest BCUT2D eigenvalue weighted by molar-refractivity contribution is 5.93. The summed E-state index contributed by atoms with van der Waals surface area (Å²) in [6.45, 7) is 0. The maximum atomic E-state index is 12.4. The van der Waals surface area contributed by atoms with Crippen LogP contribution in [0.1, 0.15) is 35.9 Å². The summed E-state index contributed by atoms with van der Waals surface area (Å²) in [4.78, 5) is 30.0. The number of aromatic amines is 1. The van der Waals surface area contributed by atoms with Crippen LogP contribution in [-0.2, 0) is 17.6 Å². The Morgan fingerprint density at radius 2 is 2.07 bits per heavy atom. The lowest BCUT2D eigenvalue weighted by atomic mass is 10.0. The molecule has 1 atom stereocenters. The number of hydrogen-bond donors (Lipinski definition) is 1. The van der Waals surface area contributed by atoms with Gasteiger partial charge in [0.1, 0.15) is 11.6 Å². The fourth-order valence-electron chi connectivity index (χ4n) is 3.54. The Balaban J connectivity index is 1.38. The molecule has 0 aliphatic carbocycles. The van der Waals surface area contributed by atoms with Gasteiger partial charge in [-0.2, -0.15) is 0 Å². The highest BCUT2D eigenvalue weighted by atomic mass is 16.7. The van der Waals surface area contributed by atoms with Gasteiger partial charge in [0, 0.05) is 25.0 Å². The maximum absolute atomic E-state index is 12.4. The second-order valence-corrected chi connectivity index (χ2v) is 6.65. The van der Waals surface area contributed by atoms with Gasteiger partial charge in [-0.25, -0.2) is 9.97 Å². The number of aromatic nitrogens is 3. The van der Waals surface area contributed by atoms with Crippen molar-refractivity contribution in [2.75, 3.05) is 5.06 Å². The molecule has 4 heterocycles. The number of amides is 1. The van der Waals surface area contributed by atoms with E-state index in [4.69, 9.17) is 9.57 Å². The van der Waals surface area contributed by atoms with Gasteiger partial charge in [0.2, 0.25) is 0 Å². The van der Waals surface area contributed by atoms with E-state index >= 15 is 0 Å². The number of hydrogen-bond acceptors (Lipinski definition) is 5. The van der Waals surface area contributed by atoms with E-state index in [0.717, 1.165) is 35.5 Å². The first-order valence-electron chi connectivity index (χ1n) is 9.01. The number of aryl methyl sites for hydroxylation is 2. The molecule has 0 radical (unpaired) electrons. The number of imidazole rings is 1. The number of H-pyrrole nitrogens is 1. The molecule has 2 aromatic heterocycles. The smallest absolute Gasteiger partial charge is 0.262 e. The first-order valence-corrected chi connectivity index (χ1v) is 9.01. The van der Waals surface area contributed by atoms with Crippen LogP contribution in [0.2, 0.25) is 0 Å².